The summed E-state index contributed by atoms with van der Waals surface area (Å²) in [6.45, 7) is 9.81. The first kappa shape index (κ1) is 28.4. The third-order valence-corrected chi connectivity index (χ3v) is 5.06. The van der Waals surface area contributed by atoms with Crippen molar-refractivity contribution < 1.29 is 21.6 Å². The van der Waals surface area contributed by atoms with Crippen molar-refractivity contribution in [3.05, 3.63) is 66.4 Å². The molecule has 0 fully saturated rings. The first-order chi connectivity index (χ1) is 14.3. The normalized spacial score (nSPS) is 12.7. The average Bonchev–Trinajstić information content (AvgIpc) is 3.15. The summed E-state index contributed by atoms with van der Waals surface area (Å²) in [6.07, 6.45) is 5.37. The molecule has 1 unspecified atom stereocenters. The zero-order chi connectivity index (χ0) is 24.4. The number of benzene rings is 1. The molecule has 0 aliphatic heterocycles. The summed E-state index contributed by atoms with van der Waals surface area (Å²) in [7, 11) is -3.32. The molecule has 2 aromatic rings. The van der Waals surface area contributed by atoms with E-state index in [4.69, 9.17) is 5.14 Å². The lowest BCUT2D eigenvalue weighted by Gasteiger charge is -2.12. The standard InChI is InChI=1S/C18H23F2N3O2S.C2H5N.CH3F/c1-5-12(2)10-13(3)17-22-16(18(4,19)20)11-23(17)14-6-8-15(9-7-14)26(21,24)25;1-2-3;1-2/h6-11,13H,5H2,1-4H3,(H2,21,24,25);2H,1,3H2;1H3/b12-10-;;. The summed E-state index contributed by atoms with van der Waals surface area (Å²) in [5.74, 6) is -2.81. The molecular weight excluding hydrogens is 429 g/mol. The Bertz CT molecular complexity index is 964. The minimum atomic E-state index is -3.82. The number of nitrogens with two attached hydrogens (primary N) is 2. The molecule has 174 valence electrons. The Morgan fingerprint density at radius 1 is 1.29 bits per heavy atom. The van der Waals surface area contributed by atoms with Crippen molar-refractivity contribution >= 4 is 10.0 Å². The molecule has 0 amide bonds. The summed E-state index contributed by atoms with van der Waals surface area (Å²) >= 11 is 0. The summed E-state index contributed by atoms with van der Waals surface area (Å²) < 4.78 is 61.4. The fourth-order valence-electron chi connectivity index (χ4n) is 2.55. The first-order valence-electron chi connectivity index (χ1n) is 9.33. The second-order valence-electron chi connectivity index (χ2n) is 6.67. The van der Waals surface area contributed by atoms with E-state index in [2.05, 4.69) is 17.3 Å². The predicted molar refractivity (Wildman–Crippen MR) is 118 cm³/mol. The summed E-state index contributed by atoms with van der Waals surface area (Å²) in [5.41, 5.74) is 5.93. The number of allylic oxidation sites excluding steroid dienone is 2. The van der Waals surface area contributed by atoms with Crippen LogP contribution in [0, 0.1) is 0 Å². The van der Waals surface area contributed by atoms with Gasteiger partial charge in [-0.1, -0.05) is 32.1 Å². The lowest BCUT2D eigenvalue weighted by atomic mass is 10.1. The lowest BCUT2D eigenvalue weighted by Crippen LogP contribution is -2.12. The van der Waals surface area contributed by atoms with Crippen molar-refractivity contribution in [2.24, 2.45) is 10.9 Å². The third-order valence-electron chi connectivity index (χ3n) is 4.13. The van der Waals surface area contributed by atoms with Crippen LogP contribution in [0.2, 0.25) is 0 Å². The van der Waals surface area contributed by atoms with Crippen molar-refractivity contribution in [3.63, 3.8) is 0 Å². The van der Waals surface area contributed by atoms with Crippen LogP contribution in [0.25, 0.3) is 5.69 Å². The topological polar surface area (TPSA) is 104 Å². The molecule has 0 aliphatic carbocycles. The molecule has 0 saturated carbocycles. The van der Waals surface area contributed by atoms with Crippen LogP contribution < -0.4 is 10.9 Å². The van der Waals surface area contributed by atoms with Crippen LogP contribution in [0.3, 0.4) is 0 Å². The van der Waals surface area contributed by atoms with E-state index in [9.17, 15) is 21.6 Å². The van der Waals surface area contributed by atoms with Crippen LogP contribution in [0.4, 0.5) is 13.2 Å². The van der Waals surface area contributed by atoms with E-state index in [1.165, 1.54) is 36.7 Å². The van der Waals surface area contributed by atoms with Crippen molar-refractivity contribution in [1.82, 2.24) is 9.55 Å². The van der Waals surface area contributed by atoms with Gasteiger partial charge in [-0.05, 0) is 43.8 Å². The van der Waals surface area contributed by atoms with Crippen LogP contribution in [0.1, 0.15) is 51.6 Å². The number of alkyl halides is 3. The van der Waals surface area contributed by atoms with Gasteiger partial charge in [-0.3, -0.25) is 4.39 Å². The third kappa shape index (κ3) is 8.58. The van der Waals surface area contributed by atoms with Gasteiger partial charge in [-0.25, -0.2) is 18.5 Å². The van der Waals surface area contributed by atoms with Gasteiger partial charge in [0.2, 0.25) is 10.0 Å². The largest absolute Gasteiger partial charge is 0.405 e. The molecule has 0 spiro atoms. The Morgan fingerprint density at radius 2 is 1.77 bits per heavy atom. The maximum atomic E-state index is 13.8. The molecule has 0 saturated heterocycles. The molecule has 6 nitrogen and oxygen atoms in total. The maximum Gasteiger partial charge on any atom is 0.288 e. The van der Waals surface area contributed by atoms with Gasteiger partial charge in [-0.2, -0.15) is 8.78 Å². The van der Waals surface area contributed by atoms with E-state index in [-0.39, 0.29) is 16.5 Å². The molecule has 1 heterocycles. The Balaban J connectivity index is 0.00000165. The molecule has 1 atom stereocenters. The van der Waals surface area contributed by atoms with Gasteiger partial charge in [0.25, 0.3) is 5.92 Å². The van der Waals surface area contributed by atoms with Crippen LogP contribution >= 0.6 is 0 Å². The second-order valence-corrected chi connectivity index (χ2v) is 8.23. The number of hydrogen-bond donors (Lipinski definition) is 2. The molecular formula is C21H31F3N4O2S. The molecule has 0 bridgehead atoms. The number of nitrogens with zero attached hydrogens (tertiary/aromatic N) is 2. The highest BCUT2D eigenvalue weighted by Crippen LogP contribution is 2.30. The van der Waals surface area contributed by atoms with Crippen molar-refractivity contribution in [3.8, 4) is 5.69 Å². The highest BCUT2D eigenvalue weighted by atomic mass is 32.2. The molecule has 1 aromatic heterocycles. The Labute approximate surface area is 182 Å². The smallest absolute Gasteiger partial charge is 0.288 e. The molecule has 10 heteroatoms. The zero-order valence-corrected chi connectivity index (χ0v) is 19.3. The maximum absolute atomic E-state index is 13.8. The van der Waals surface area contributed by atoms with Gasteiger partial charge in [0.05, 0.1) is 12.1 Å². The van der Waals surface area contributed by atoms with Crippen molar-refractivity contribution in [2.45, 2.75) is 50.9 Å². The van der Waals surface area contributed by atoms with Gasteiger partial charge in [0.1, 0.15) is 11.5 Å². The van der Waals surface area contributed by atoms with Gasteiger partial charge in [-0.15, -0.1) is 0 Å². The Morgan fingerprint density at radius 3 is 2.16 bits per heavy atom. The summed E-state index contributed by atoms with van der Waals surface area (Å²) in [4.78, 5) is 4.10. The number of hydrogen-bond acceptors (Lipinski definition) is 4. The SMILES string of the molecule is C=CN.CC/C(C)=C\C(C)c1nc(C(C)(F)F)cn1-c1ccc(S(N)(=O)=O)cc1.CF. The van der Waals surface area contributed by atoms with Gasteiger partial charge in [0.15, 0.2) is 0 Å². The fourth-order valence-corrected chi connectivity index (χ4v) is 3.07. The Hall–Kier alpha value is -2.59. The van der Waals surface area contributed by atoms with Crippen LogP contribution in [-0.2, 0) is 15.9 Å². The number of imidazole rings is 1. The van der Waals surface area contributed by atoms with Gasteiger partial charge >= 0.3 is 0 Å². The van der Waals surface area contributed by atoms with Crippen LogP contribution in [0.15, 0.2) is 59.8 Å². The van der Waals surface area contributed by atoms with E-state index in [0.29, 0.717) is 18.7 Å². The average molecular weight is 461 g/mol. The first-order valence-corrected chi connectivity index (χ1v) is 10.9. The number of primary sulfonamides is 1. The van der Waals surface area contributed by atoms with Gasteiger partial charge in [0, 0.05) is 24.7 Å². The molecule has 1 aromatic carbocycles. The van der Waals surface area contributed by atoms with Crippen molar-refractivity contribution in [1.29, 1.82) is 0 Å². The minimum absolute atomic E-state index is 0.0428. The molecule has 2 rings (SSSR count). The highest BCUT2D eigenvalue weighted by molar-refractivity contribution is 7.89. The van der Waals surface area contributed by atoms with E-state index < -0.39 is 15.9 Å². The number of rotatable bonds is 6. The van der Waals surface area contributed by atoms with E-state index in [1.54, 1.807) is 4.57 Å². The van der Waals surface area contributed by atoms with Crippen LogP contribution in [0.5, 0.6) is 0 Å². The monoisotopic (exact) mass is 460 g/mol. The van der Waals surface area contributed by atoms with Gasteiger partial charge < -0.3 is 10.3 Å². The lowest BCUT2D eigenvalue weighted by molar-refractivity contribution is 0.0130. The second kappa shape index (κ2) is 12.3. The summed E-state index contributed by atoms with van der Waals surface area (Å²) in [5, 5.41) is 5.10. The molecule has 31 heavy (non-hydrogen) atoms. The fraction of sp³-hybridized carbons (Fsp3) is 0.381. The molecule has 0 aliphatic rings. The summed E-state index contributed by atoms with van der Waals surface area (Å²) in [6, 6.07) is 5.73. The molecule has 4 N–H and O–H groups in total. The van der Waals surface area contributed by atoms with Crippen molar-refractivity contribution in [2.75, 3.05) is 7.18 Å². The number of sulfonamides is 1. The number of aromatic nitrogens is 2. The Kier molecular flexibility index (Phi) is 11.3. The van der Waals surface area contributed by atoms with Crippen LogP contribution in [-0.4, -0.2) is 25.1 Å². The minimum Gasteiger partial charge on any atom is -0.405 e. The number of halogens is 3. The predicted octanol–water partition coefficient (Wildman–Crippen LogP) is 4.77. The highest BCUT2D eigenvalue weighted by Gasteiger charge is 2.30. The van der Waals surface area contributed by atoms with E-state index in [1.807, 2.05) is 26.8 Å². The quantitative estimate of drug-likeness (QED) is 0.606. The molecule has 0 radical (unpaired) electrons. The van der Waals surface area contributed by atoms with E-state index in [0.717, 1.165) is 18.9 Å². The zero-order valence-electron chi connectivity index (χ0n) is 18.4. The van der Waals surface area contributed by atoms with E-state index >= 15 is 0 Å².